The van der Waals surface area contributed by atoms with E-state index in [1.807, 2.05) is 12.1 Å². The molecule has 1 heterocycles. The van der Waals surface area contributed by atoms with Crippen LogP contribution < -0.4 is 5.32 Å². The lowest BCUT2D eigenvalue weighted by Gasteiger charge is -2.29. The number of hydrogen-bond acceptors (Lipinski definition) is 2. The summed E-state index contributed by atoms with van der Waals surface area (Å²) in [4.78, 5) is 3.95. The van der Waals surface area contributed by atoms with Crippen molar-refractivity contribution in [2.24, 2.45) is 5.92 Å². The number of nitrogens with zero attached hydrogens (tertiary/aromatic N) is 2. The molecule has 0 amide bonds. The van der Waals surface area contributed by atoms with Crippen molar-refractivity contribution in [3.05, 3.63) is 48.3 Å². The van der Waals surface area contributed by atoms with Crippen LogP contribution in [0.4, 0.5) is 4.39 Å². The topological polar surface area (TPSA) is 29.9 Å². The number of benzene rings is 1. The standard InChI is InChI=1S/C17H22FN3/c1-13-4-2-3-5-16(13)20-11-14-6-7-17(15(18)10-14)21-9-8-19-12-21/h6-10,12-13,16,20H,2-5,11H2,1H3. The molecule has 0 aliphatic heterocycles. The molecule has 0 spiro atoms. The molecule has 112 valence electrons. The Labute approximate surface area is 125 Å². The minimum atomic E-state index is -0.205. The van der Waals surface area contributed by atoms with Crippen LogP contribution in [0.5, 0.6) is 0 Å². The first kappa shape index (κ1) is 14.3. The van der Waals surface area contributed by atoms with Crippen molar-refractivity contribution in [3.63, 3.8) is 0 Å². The Bertz CT molecular complexity index is 580. The summed E-state index contributed by atoms with van der Waals surface area (Å²) in [7, 11) is 0. The highest BCUT2D eigenvalue weighted by Gasteiger charge is 2.20. The molecule has 3 nitrogen and oxygen atoms in total. The Balaban J connectivity index is 1.65. The van der Waals surface area contributed by atoms with Gasteiger partial charge in [-0.15, -0.1) is 0 Å². The van der Waals surface area contributed by atoms with Gasteiger partial charge in [0.15, 0.2) is 0 Å². The highest BCUT2D eigenvalue weighted by Crippen LogP contribution is 2.24. The molecule has 0 saturated heterocycles. The number of nitrogens with one attached hydrogen (secondary N) is 1. The van der Waals surface area contributed by atoms with Gasteiger partial charge in [0.05, 0.1) is 12.0 Å². The predicted octanol–water partition coefficient (Wildman–Crippen LogP) is 3.68. The average molecular weight is 287 g/mol. The molecule has 3 rings (SSSR count). The lowest BCUT2D eigenvalue weighted by molar-refractivity contribution is 0.279. The zero-order chi connectivity index (χ0) is 14.7. The van der Waals surface area contributed by atoms with E-state index in [0.29, 0.717) is 17.6 Å². The Morgan fingerprint density at radius 3 is 2.90 bits per heavy atom. The van der Waals surface area contributed by atoms with Crippen LogP contribution in [0.25, 0.3) is 5.69 Å². The van der Waals surface area contributed by atoms with Gasteiger partial charge in [0.25, 0.3) is 0 Å². The van der Waals surface area contributed by atoms with E-state index < -0.39 is 0 Å². The van der Waals surface area contributed by atoms with Gasteiger partial charge in [-0.05, 0) is 36.5 Å². The van der Waals surface area contributed by atoms with Crippen LogP contribution in [-0.4, -0.2) is 15.6 Å². The second kappa shape index (κ2) is 6.39. The highest BCUT2D eigenvalue weighted by molar-refractivity contribution is 5.36. The molecule has 21 heavy (non-hydrogen) atoms. The first-order chi connectivity index (χ1) is 10.2. The number of imidazole rings is 1. The van der Waals surface area contributed by atoms with Gasteiger partial charge in [-0.25, -0.2) is 9.37 Å². The Hall–Kier alpha value is -1.68. The Kier molecular flexibility index (Phi) is 4.34. The quantitative estimate of drug-likeness (QED) is 0.929. The molecule has 1 aromatic carbocycles. The van der Waals surface area contributed by atoms with Gasteiger partial charge in [0.2, 0.25) is 0 Å². The summed E-state index contributed by atoms with van der Waals surface area (Å²) in [5, 5.41) is 3.58. The summed E-state index contributed by atoms with van der Waals surface area (Å²) in [6.45, 7) is 3.04. The smallest absolute Gasteiger partial charge is 0.147 e. The molecular formula is C17H22FN3. The summed E-state index contributed by atoms with van der Waals surface area (Å²) >= 11 is 0. The van der Waals surface area contributed by atoms with Crippen LogP contribution in [0.15, 0.2) is 36.9 Å². The zero-order valence-corrected chi connectivity index (χ0v) is 12.4. The fraction of sp³-hybridized carbons (Fsp3) is 0.471. The van der Waals surface area contributed by atoms with E-state index in [9.17, 15) is 4.39 Å². The molecule has 1 fully saturated rings. The van der Waals surface area contributed by atoms with Gasteiger partial charge in [0.1, 0.15) is 5.82 Å². The fourth-order valence-electron chi connectivity index (χ4n) is 3.14. The third kappa shape index (κ3) is 3.32. The lowest BCUT2D eigenvalue weighted by Crippen LogP contribution is -2.36. The van der Waals surface area contributed by atoms with Gasteiger partial charge in [-0.1, -0.05) is 25.8 Å². The molecule has 1 N–H and O–H groups in total. The molecule has 1 aliphatic rings. The molecule has 2 aromatic rings. The minimum absolute atomic E-state index is 0.205. The maximum atomic E-state index is 14.2. The van der Waals surface area contributed by atoms with Crippen molar-refractivity contribution in [2.45, 2.75) is 45.2 Å². The summed E-state index contributed by atoms with van der Waals surface area (Å²) < 4.78 is 15.9. The zero-order valence-electron chi connectivity index (χ0n) is 12.4. The molecule has 1 aromatic heterocycles. The van der Waals surface area contributed by atoms with Crippen LogP contribution >= 0.6 is 0 Å². The van der Waals surface area contributed by atoms with Gasteiger partial charge in [-0.2, -0.15) is 0 Å². The normalized spacial score (nSPS) is 22.4. The van der Waals surface area contributed by atoms with E-state index in [1.165, 1.54) is 25.7 Å². The Morgan fingerprint density at radius 1 is 1.33 bits per heavy atom. The molecule has 0 radical (unpaired) electrons. The number of rotatable bonds is 4. The largest absolute Gasteiger partial charge is 0.310 e. The summed E-state index contributed by atoms with van der Waals surface area (Å²) in [6, 6.07) is 5.99. The van der Waals surface area contributed by atoms with Crippen LogP contribution in [-0.2, 0) is 6.54 Å². The average Bonchev–Trinajstić information content (AvgIpc) is 3.00. The lowest BCUT2D eigenvalue weighted by atomic mass is 9.86. The number of hydrogen-bond donors (Lipinski definition) is 1. The second-order valence-corrected chi connectivity index (χ2v) is 6.00. The Morgan fingerprint density at radius 2 is 2.19 bits per heavy atom. The number of aromatic nitrogens is 2. The van der Waals surface area contributed by atoms with Gasteiger partial charge in [0, 0.05) is 25.0 Å². The predicted molar refractivity (Wildman–Crippen MR) is 81.8 cm³/mol. The molecule has 0 bridgehead atoms. The van der Waals surface area contributed by atoms with Crippen molar-refractivity contribution >= 4 is 0 Å². The summed E-state index contributed by atoms with van der Waals surface area (Å²) in [6.07, 6.45) is 10.2. The second-order valence-electron chi connectivity index (χ2n) is 6.00. The van der Waals surface area contributed by atoms with Crippen molar-refractivity contribution in [1.29, 1.82) is 0 Å². The molecule has 2 unspecified atom stereocenters. The van der Waals surface area contributed by atoms with E-state index in [2.05, 4.69) is 17.2 Å². The third-order valence-electron chi connectivity index (χ3n) is 4.47. The third-order valence-corrected chi connectivity index (χ3v) is 4.47. The van der Waals surface area contributed by atoms with E-state index in [1.54, 1.807) is 29.4 Å². The van der Waals surface area contributed by atoms with Crippen LogP contribution in [0.1, 0.15) is 38.2 Å². The molecular weight excluding hydrogens is 265 g/mol. The van der Waals surface area contributed by atoms with Crippen LogP contribution in [0.3, 0.4) is 0 Å². The molecule has 1 aliphatic carbocycles. The maximum absolute atomic E-state index is 14.2. The van der Waals surface area contributed by atoms with Crippen LogP contribution in [0.2, 0.25) is 0 Å². The SMILES string of the molecule is CC1CCCCC1NCc1ccc(-n2ccnc2)c(F)c1. The van der Waals surface area contributed by atoms with Crippen molar-refractivity contribution in [1.82, 2.24) is 14.9 Å². The van der Waals surface area contributed by atoms with Gasteiger partial charge in [-0.3, -0.25) is 0 Å². The summed E-state index contributed by atoms with van der Waals surface area (Å²) in [5.74, 6) is 0.512. The van der Waals surface area contributed by atoms with Crippen LogP contribution in [0, 0.1) is 11.7 Å². The van der Waals surface area contributed by atoms with E-state index in [4.69, 9.17) is 0 Å². The van der Waals surface area contributed by atoms with E-state index in [0.717, 1.165) is 12.1 Å². The highest BCUT2D eigenvalue weighted by atomic mass is 19.1. The number of halogens is 1. The van der Waals surface area contributed by atoms with Crippen molar-refractivity contribution in [3.8, 4) is 5.69 Å². The fourth-order valence-corrected chi connectivity index (χ4v) is 3.14. The summed E-state index contributed by atoms with van der Waals surface area (Å²) in [5.41, 5.74) is 1.54. The first-order valence-electron chi connectivity index (χ1n) is 7.74. The van der Waals surface area contributed by atoms with Crippen molar-refractivity contribution < 1.29 is 4.39 Å². The van der Waals surface area contributed by atoms with Gasteiger partial charge >= 0.3 is 0 Å². The van der Waals surface area contributed by atoms with E-state index >= 15 is 0 Å². The minimum Gasteiger partial charge on any atom is -0.310 e. The van der Waals surface area contributed by atoms with Crippen molar-refractivity contribution in [2.75, 3.05) is 0 Å². The monoisotopic (exact) mass is 287 g/mol. The van der Waals surface area contributed by atoms with Gasteiger partial charge < -0.3 is 9.88 Å². The molecule has 2 atom stereocenters. The maximum Gasteiger partial charge on any atom is 0.147 e. The molecule has 1 saturated carbocycles. The molecule has 4 heteroatoms. The van der Waals surface area contributed by atoms with E-state index in [-0.39, 0.29) is 5.82 Å². The first-order valence-corrected chi connectivity index (χ1v) is 7.74.